The van der Waals surface area contributed by atoms with Crippen LogP contribution in [0, 0.1) is 11.6 Å². The summed E-state index contributed by atoms with van der Waals surface area (Å²) in [5, 5.41) is 8.37. The molecule has 250 valence electrons. The van der Waals surface area contributed by atoms with Crippen molar-refractivity contribution >= 4 is 23.1 Å². The molecule has 0 bridgehead atoms. The summed E-state index contributed by atoms with van der Waals surface area (Å²) in [6.07, 6.45) is 3.91. The Bertz CT molecular complexity index is 1890. The first-order valence-electron chi connectivity index (χ1n) is 15.8. The molecule has 5 aromatic rings. The predicted molar refractivity (Wildman–Crippen MR) is 179 cm³/mol. The van der Waals surface area contributed by atoms with Crippen molar-refractivity contribution in [1.82, 2.24) is 29.1 Å². The summed E-state index contributed by atoms with van der Waals surface area (Å²) in [5.41, 5.74) is 1.99. The predicted octanol–water partition coefficient (Wildman–Crippen LogP) is 4.87. The molecule has 2 saturated heterocycles. The fraction of sp³-hybridized carbons (Fsp3) is 0.353. The van der Waals surface area contributed by atoms with Gasteiger partial charge in [-0.15, -0.1) is 11.8 Å². The Morgan fingerprint density at radius 1 is 0.896 bits per heavy atom. The number of ether oxygens (including phenoxy) is 2. The fourth-order valence-electron chi connectivity index (χ4n) is 6.19. The van der Waals surface area contributed by atoms with Crippen LogP contribution in [-0.4, -0.2) is 73.9 Å². The number of anilines is 2. The van der Waals surface area contributed by atoms with Crippen LogP contribution in [-0.2, 0) is 21.6 Å². The molecule has 2 atom stereocenters. The van der Waals surface area contributed by atoms with Crippen molar-refractivity contribution in [2.45, 2.75) is 43.2 Å². The van der Waals surface area contributed by atoms with Crippen LogP contribution in [0.4, 0.5) is 20.2 Å². The molecule has 2 aromatic heterocycles. The molecule has 0 spiro atoms. The number of halogens is 2. The molecule has 7 rings (SSSR count). The van der Waals surface area contributed by atoms with Crippen molar-refractivity contribution in [3.63, 3.8) is 0 Å². The quantitative estimate of drug-likeness (QED) is 0.192. The molecule has 11 nitrogen and oxygen atoms in total. The molecule has 0 amide bonds. The number of thioether (sulfide) groups is 1. The molecule has 4 heterocycles. The number of piperazine rings is 1. The van der Waals surface area contributed by atoms with Gasteiger partial charge in [-0.25, -0.2) is 32.5 Å². The van der Waals surface area contributed by atoms with Gasteiger partial charge in [0.05, 0.1) is 24.9 Å². The number of nitrogens with zero attached hydrogens (tertiary/aromatic N) is 8. The van der Waals surface area contributed by atoms with E-state index in [9.17, 15) is 13.6 Å². The number of hydrogen-bond acceptors (Lipinski definition) is 9. The van der Waals surface area contributed by atoms with E-state index in [0.29, 0.717) is 5.75 Å². The average Bonchev–Trinajstić information content (AvgIpc) is 3.85. The van der Waals surface area contributed by atoms with E-state index in [0.717, 1.165) is 54.2 Å². The van der Waals surface area contributed by atoms with Crippen LogP contribution in [0.25, 0.3) is 5.69 Å². The first-order valence-corrected chi connectivity index (χ1v) is 16.8. The summed E-state index contributed by atoms with van der Waals surface area (Å²) < 4.78 is 45.5. The standard InChI is InChI=1S/C34H36F2N8O3S/c1-24(2)44-33(45)43(23-39-44)28-6-4-26(5-7-28)40-13-15-41(16-14-40)27-8-10-29(11-9-27)48-18-32-46-20-34(47-32,19-42-22-37-21-38-42)30-12-3-25(35)17-31(30)36/h3-12,17,21-24,32H,13-16,18-20H2,1-2H3. The van der Waals surface area contributed by atoms with E-state index in [-0.39, 0.29) is 30.4 Å². The molecular weight excluding hydrogens is 638 g/mol. The Balaban J connectivity index is 0.929. The summed E-state index contributed by atoms with van der Waals surface area (Å²) in [7, 11) is 0. The highest BCUT2D eigenvalue weighted by Crippen LogP contribution is 2.38. The number of hydrogen-bond donors (Lipinski definition) is 0. The third kappa shape index (κ3) is 6.60. The van der Waals surface area contributed by atoms with Crippen LogP contribution in [0.1, 0.15) is 25.5 Å². The van der Waals surface area contributed by atoms with Crippen molar-refractivity contribution < 1.29 is 18.3 Å². The molecule has 3 aromatic carbocycles. The monoisotopic (exact) mass is 674 g/mol. The van der Waals surface area contributed by atoms with Crippen LogP contribution in [0.3, 0.4) is 0 Å². The third-order valence-electron chi connectivity index (χ3n) is 8.71. The van der Waals surface area contributed by atoms with Crippen molar-refractivity contribution in [2.75, 3.05) is 48.3 Å². The summed E-state index contributed by atoms with van der Waals surface area (Å²) in [6, 6.07) is 20.0. The lowest BCUT2D eigenvalue weighted by atomic mass is 9.94. The maximum atomic E-state index is 14.9. The van der Waals surface area contributed by atoms with Crippen LogP contribution < -0.4 is 15.5 Å². The van der Waals surface area contributed by atoms with Crippen molar-refractivity contribution in [2.24, 2.45) is 0 Å². The highest BCUT2D eigenvalue weighted by Gasteiger charge is 2.45. The topological polar surface area (TPSA) is 95.5 Å². The Morgan fingerprint density at radius 3 is 2.17 bits per heavy atom. The second kappa shape index (κ2) is 13.5. The molecule has 48 heavy (non-hydrogen) atoms. The molecule has 0 N–H and O–H groups in total. The Morgan fingerprint density at radius 2 is 1.56 bits per heavy atom. The Labute approximate surface area is 280 Å². The van der Waals surface area contributed by atoms with Crippen molar-refractivity contribution in [3.8, 4) is 5.69 Å². The first-order chi connectivity index (χ1) is 23.3. The smallest absolute Gasteiger partial charge is 0.350 e. The maximum Gasteiger partial charge on any atom is 0.350 e. The number of benzene rings is 3. The summed E-state index contributed by atoms with van der Waals surface area (Å²) in [6.45, 7) is 7.67. The van der Waals surface area contributed by atoms with Crippen LogP contribution >= 0.6 is 11.8 Å². The Kier molecular flexibility index (Phi) is 9.03. The van der Waals surface area contributed by atoms with Crippen LogP contribution in [0.15, 0.2) is 95.4 Å². The minimum Gasteiger partial charge on any atom is -0.368 e. The minimum absolute atomic E-state index is 0.00635. The van der Waals surface area contributed by atoms with Gasteiger partial charge < -0.3 is 19.3 Å². The van der Waals surface area contributed by atoms with Gasteiger partial charge in [-0.2, -0.15) is 10.2 Å². The van der Waals surface area contributed by atoms with E-state index in [4.69, 9.17) is 9.47 Å². The second-order valence-electron chi connectivity index (χ2n) is 12.2. The lowest BCUT2D eigenvalue weighted by Gasteiger charge is -2.37. The molecule has 2 aliphatic rings. The van der Waals surface area contributed by atoms with Gasteiger partial charge in [-0.05, 0) is 68.4 Å². The van der Waals surface area contributed by atoms with Gasteiger partial charge in [0.1, 0.15) is 36.2 Å². The van der Waals surface area contributed by atoms with Gasteiger partial charge in [-0.3, -0.25) is 0 Å². The SMILES string of the molecule is CC(C)n1ncn(-c2ccc(N3CCN(c4ccc(SCC5OCC(Cn6cncn6)(c6ccc(F)cc6F)O5)cc4)CC3)cc2)c1=O. The minimum atomic E-state index is -1.16. The molecule has 14 heteroatoms. The molecular formula is C34H36F2N8O3S. The van der Waals surface area contributed by atoms with E-state index in [2.05, 4.69) is 61.4 Å². The first kappa shape index (κ1) is 32.0. The van der Waals surface area contributed by atoms with E-state index in [1.54, 1.807) is 27.3 Å². The zero-order valence-electron chi connectivity index (χ0n) is 26.7. The van der Waals surface area contributed by atoms with Crippen LogP contribution in [0.2, 0.25) is 0 Å². The van der Waals surface area contributed by atoms with Crippen LogP contribution in [0.5, 0.6) is 0 Å². The van der Waals surface area contributed by atoms with Crippen molar-refractivity contribution in [3.05, 3.63) is 113 Å². The molecule has 0 aliphatic carbocycles. The van der Waals surface area contributed by atoms with E-state index < -0.39 is 23.5 Å². The molecule has 2 unspecified atom stereocenters. The van der Waals surface area contributed by atoms with E-state index >= 15 is 0 Å². The Hall–Kier alpha value is -4.53. The molecule has 2 fully saturated rings. The highest BCUT2D eigenvalue weighted by molar-refractivity contribution is 7.99. The fourth-order valence-corrected chi connectivity index (χ4v) is 7.01. The van der Waals surface area contributed by atoms with Gasteiger partial charge in [-0.1, -0.05) is 6.07 Å². The van der Waals surface area contributed by atoms with Gasteiger partial charge in [0.15, 0.2) is 6.29 Å². The third-order valence-corrected chi connectivity index (χ3v) is 9.75. The normalized spacial score (nSPS) is 19.8. The summed E-state index contributed by atoms with van der Waals surface area (Å²) in [4.78, 5) is 22.4. The summed E-state index contributed by atoms with van der Waals surface area (Å²) >= 11 is 1.59. The molecule has 0 saturated carbocycles. The van der Waals surface area contributed by atoms with Gasteiger partial charge in [0.2, 0.25) is 0 Å². The lowest BCUT2D eigenvalue weighted by Crippen LogP contribution is -2.46. The second-order valence-corrected chi connectivity index (χ2v) is 13.3. The maximum absolute atomic E-state index is 14.9. The molecule has 2 aliphatic heterocycles. The van der Waals surface area contributed by atoms with Gasteiger partial charge >= 0.3 is 5.69 Å². The number of aromatic nitrogens is 6. The summed E-state index contributed by atoms with van der Waals surface area (Å²) in [5.74, 6) is -0.848. The average molecular weight is 675 g/mol. The lowest BCUT2D eigenvalue weighted by molar-refractivity contribution is -0.0848. The van der Waals surface area contributed by atoms with Gasteiger partial charge in [0.25, 0.3) is 0 Å². The van der Waals surface area contributed by atoms with E-state index in [1.165, 1.54) is 29.5 Å². The van der Waals surface area contributed by atoms with E-state index in [1.807, 2.05) is 26.0 Å². The van der Waals surface area contributed by atoms with Crippen molar-refractivity contribution in [1.29, 1.82) is 0 Å². The zero-order valence-corrected chi connectivity index (χ0v) is 27.5. The van der Waals surface area contributed by atoms with Gasteiger partial charge in [0, 0.05) is 59.8 Å². The number of rotatable bonds is 10. The molecule has 0 radical (unpaired) electrons. The zero-order chi connectivity index (χ0) is 33.3. The highest BCUT2D eigenvalue weighted by atomic mass is 32.2. The largest absolute Gasteiger partial charge is 0.368 e.